The van der Waals surface area contributed by atoms with Crippen LogP contribution in [0.25, 0.3) is 10.9 Å². The van der Waals surface area contributed by atoms with Crippen LogP contribution in [0, 0.1) is 5.41 Å². The van der Waals surface area contributed by atoms with Gasteiger partial charge in [0.25, 0.3) is 5.91 Å². The second-order valence-corrected chi connectivity index (χ2v) is 7.31. The van der Waals surface area contributed by atoms with E-state index < -0.39 is 17.2 Å². The van der Waals surface area contributed by atoms with Gasteiger partial charge in [-0.25, -0.2) is 9.97 Å². The molecule has 0 aliphatic heterocycles. The summed E-state index contributed by atoms with van der Waals surface area (Å²) in [5, 5.41) is 7.08. The van der Waals surface area contributed by atoms with Gasteiger partial charge in [0.15, 0.2) is 11.5 Å². The molecule has 29 heavy (non-hydrogen) atoms. The number of carbonyl (C=O) groups excluding carboxylic acids is 2. The molecule has 9 heteroatoms. The molecule has 2 amide bonds. The van der Waals surface area contributed by atoms with Crippen molar-refractivity contribution in [1.82, 2.24) is 15.0 Å². The zero-order valence-corrected chi connectivity index (χ0v) is 16.4. The van der Waals surface area contributed by atoms with Crippen LogP contribution in [0.4, 0.5) is 17.3 Å². The number of nitrogens with two attached hydrogens (primary N) is 2. The summed E-state index contributed by atoms with van der Waals surface area (Å²) in [6, 6.07) is 9.20. The predicted octanol–water partition coefficient (Wildman–Crippen LogP) is 2.18. The van der Waals surface area contributed by atoms with E-state index in [1.54, 1.807) is 20.0 Å². The third-order valence-corrected chi connectivity index (χ3v) is 4.94. The number of carbonyl (C=O) groups is 2. The van der Waals surface area contributed by atoms with Crippen molar-refractivity contribution in [3.05, 3.63) is 48.4 Å². The molecule has 2 aromatic heterocycles. The topological polar surface area (TPSA) is 149 Å². The van der Waals surface area contributed by atoms with Crippen LogP contribution in [0.1, 0.15) is 31.3 Å². The Balaban J connectivity index is 1.92. The molecule has 0 fully saturated rings. The molecule has 0 spiro atoms. The molecule has 1 atom stereocenters. The van der Waals surface area contributed by atoms with Crippen molar-refractivity contribution in [3.8, 4) is 0 Å². The number of hydrogen-bond acceptors (Lipinski definition) is 7. The number of amides is 2. The minimum atomic E-state index is -0.820. The first-order valence-electron chi connectivity index (χ1n) is 9.03. The number of para-hydroxylation sites is 1. The maximum atomic E-state index is 11.8. The number of anilines is 3. The Morgan fingerprint density at radius 3 is 2.52 bits per heavy atom. The van der Waals surface area contributed by atoms with Gasteiger partial charge < -0.3 is 22.1 Å². The smallest absolute Gasteiger partial charge is 0.271 e. The molecule has 2 heterocycles. The first-order chi connectivity index (χ1) is 13.7. The monoisotopic (exact) mass is 393 g/mol. The lowest BCUT2D eigenvalue weighted by Crippen LogP contribution is -2.44. The molecule has 0 saturated heterocycles. The summed E-state index contributed by atoms with van der Waals surface area (Å²) in [5.74, 6) is -0.609. The SMILES string of the molecule is CC(Nc1cnc(C(N)=O)c(Nc2cnc3ccccc3c2)n1)C(C)(C)C(N)=O. The van der Waals surface area contributed by atoms with E-state index in [-0.39, 0.29) is 17.6 Å². The molecule has 0 radical (unpaired) electrons. The number of fused-ring (bicyclic) bond motifs is 1. The molecule has 1 aromatic carbocycles. The molecule has 3 rings (SSSR count). The number of nitrogens with one attached hydrogen (secondary N) is 2. The summed E-state index contributed by atoms with van der Waals surface area (Å²) in [6.07, 6.45) is 3.02. The molecule has 150 valence electrons. The average Bonchev–Trinajstić information content (AvgIpc) is 2.67. The van der Waals surface area contributed by atoms with E-state index in [0.29, 0.717) is 11.5 Å². The Morgan fingerprint density at radius 1 is 1.10 bits per heavy atom. The van der Waals surface area contributed by atoms with Gasteiger partial charge in [0.05, 0.1) is 29.0 Å². The lowest BCUT2D eigenvalue weighted by molar-refractivity contribution is -0.126. The standard InChI is InChI=1S/C20H23N7O2/c1-11(20(2,3)19(22)29)25-15-10-24-16(17(21)28)18(27-15)26-13-8-12-6-4-5-7-14(12)23-9-13/h4-11H,1-3H3,(H2,21,28)(H2,22,29)(H2,25,26,27). The van der Waals surface area contributed by atoms with Crippen molar-refractivity contribution < 1.29 is 9.59 Å². The van der Waals surface area contributed by atoms with Gasteiger partial charge in [-0.3, -0.25) is 14.6 Å². The Bertz CT molecular complexity index is 1080. The Hall–Kier alpha value is -3.75. The van der Waals surface area contributed by atoms with Gasteiger partial charge in [0.1, 0.15) is 5.82 Å². The maximum absolute atomic E-state index is 11.8. The van der Waals surface area contributed by atoms with Crippen molar-refractivity contribution in [2.24, 2.45) is 16.9 Å². The highest BCUT2D eigenvalue weighted by Crippen LogP contribution is 2.25. The number of hydrogen-bond donors (Lipinski definition) is 4. The highest BCUT2D eigenvalue weighted by molar-refractivity contribution is 5.96. The van der Waals surface area contributed by atoms with Gasteiger partial charge >= 0.3 is 0 Å². The second kappa shape index (κ2) is 7.70. The van der Waals surface area contributed by atoms with Crippen molar-refractivity contribution in [2.45, 2.75) is 26.8 Å². The van der Waals surface area contributed by atoms with E-state index in [1.807, 2.05) is 37.3 Å². The molecule has 0 saturated carbocycles. The molecule has 1 unspecified atom stereocenters. The fourth-order valence-corrected chi connectivity index (χ4v) is 2.62. The van der Waals surface area contributed by atoms with Crippen molar-refractivity contribution in [1.29, 1.82) is 0 Å². The van der Waals surface area contributed by atoms with E-state index in [0.717, 1.165) is 10.9 Å². The molecule has 9 nitrogen and oxygen atoms in total. The van der Waals surface area contributed by atoms with Crippen LogP contribution in [-0.4, -0.2) is 32.8 Å². The zero-order valence-electron chi connectivity index (χ0n) is 16.4. The molecule has 0 aliphatic rings. The van der Waals surface area contributed by atoms with Crippen LogP contribution in [0.15, 0.2) is 42.7 Å². The van der Waals surface area contributed by atoms with Crippen LogP contribution in [-0.2, 0) is 4.79 Å². The van der Waals surface area contributed by atoms with E-state index in [9.17, 15) is 9.59 Å². The number of nitrogens with zero attached hydrogens (tertiary/aromatic N) is 3. The van der Waals surface area contributed by atoms with Gasteiger partial charge in [0, 0.05) is 11.4 Å². The van der Waals surface area contributed by atoms with Gasteiger partial charge in [0.2, 0.25) is 5.91 Å². The third kappa shape index (κ3) is 4.23. The minimum absolute atomic E-state index is 0.00877. The number of pyridine rings is 1. The largest absolute Gasteiger partial charge is 0.369 e. The molecular weight excluding hydrogens is 370 g/mol. The molecule has 3 aromatic rings. The van der Waals surface area contributed by atoms with E-state index in [1.165, 1.54) is 6.20 Å². The van der Waals surface area contributed by atoms with E-state index >= 15 is 0 Å². The third-order valence-electron chi connectivity index (χ3n) is 4.94. The number of aromatic nitrogens is 3. The van der Waals surface area contributed by atoms with E-state index in [4.69, 9.17) is 11.5 Å². The lowest BCUT2D eigenvalue weighted by atomic mass is 9.85. The van der Waals surface area contributed by atoms with E-state index in [2.05, 4.69) is 25.6 Å². The maximum Gasteiger partial charge on any atom is 0.271 e. The highest BCUT2D eigenvalue weighted by atomic mass is 16.1. The van der Waals surface area contributed by atoms with Gasteiger partial charge in [-0.1, -0.05) is 18.2 Å². The second-order valence-electron chi connectivity index (χ2n) is 7.31. The lowest BCUT2D eigenvalue weighted by Gasteiger charge is -2.29. The van der Waals surface area contributed by atoms with Crippen LogP contribution in [0.2, 0.25) is 0 Å². The predicted molar refractivity (Wildman–Crippen MR) is 112 cm³/mol. The van der Waals surface area contributed by atoms with Crippen LogP contribution in [0.5, 0.6) is 0 Å². The quantitative estimate of drug-likeness (QED) is 0.480. The fourth-order valence-electron chi connectivity index (χ4n) is 2.62. The first-order valence-corrected chi connectivity index (χ1v) is 9.03. The first kappa shape index (κ1) is 20.0. The number of rotatable bonds is 7. The summed E-state index contributed by atoms with van der Waals surface area (Å²) >= 11 is 0. The van der Waals surface area contributed by atoms with Crippen molar-refractivity contribution in [2.75, 3.05) is 10.6 Å². The van der Waals surface area contributed by atoms with Crippen LogP contribution >= 0.6 is 0 Å². The fraction of sp³-hybridized carbons (Fsp3) is 0.250. The summed E-state index contributed by atoms with van der Waals surface area (Å²) in [5.41, 5.74) is 11.6. The Morgan fingerprint density at radius 2 is 1.83 bits per heavy atom. The van der Waals surface area contributed by atoms with Gasteiger partial charge in [-0.2, -0.15) is 0 Å². The number of benzene rings is 1. The normalized spacial score (nSPS) is 12.4. The molecule has 0 aliphatic carbocycles. The zero-order chi connectivity index (χ0) is 21.2. The highest BCUT2D eigenvalue weighted by Gasteiger charge is 2.32. The van der Waals surface area contributed by atoms with Gasteiger partial charge in [-0.05, 0) is 32.9 Å². The molecule has 6 N–H and O–H groups in total. The average molecular weight is 393 g/mol. The summed E-state index contributed by atoms with van der Waals surface area (Å²) in [4.78, 5) is 36.4. The van der Waals surface area contributed by atoms with Crippen molar-refractivity contribution >= 4 is 40.0 Å². The summed E-state index contributed by atoms with van der Waals surface area (Å²) < 4.78 is 0. The van der Waals surface area contributed by atoms with Crippen LogP contribution in [0.3, 0.4) is 0 Å². The number of primary amides is 2. The molecule has 0 bridgehead atoms. The summed E-state index contributed by atoms with van der Waals surface area (Å²) in [7, 11) is 0. The van der Waals surface area contributed by atoms with Crippen molar-refractivity contribution in [3.63, 3.8) is 0 Å². The Kier molecular flexibility index (Phi) is 5.31. The summed E-state index contributed by atoms with van der Waals surface area (Å²) in [6.45, 7) is 5.28. The van der Waals surface area contributed by atoms with Crippen LogP contribution < -0.4 is 22.1 Å². The Labute approximate surface area is 167 Å². The molecular formula is C20H23N7O2. The van der Waals surface area contributed by atoms with Gasteiger partial charge in [-0.15, -0.1) is 0 Å². The minimum Gasteiger partial charge on any atom is -0.369 e.